The number of rotatable bonds is 10. The van der Waals surface area contributed by atoms with E-state index in [0.29, 0.717) is 24.9 Å². The third-order valence-electron chi connectivity index (χ3n) is 4.08. The minimum absolute atomic E-state index is 0.0830. The zero-order chi connectivity index (χ0) is 21.2. The number of carbonyl (C=O) groups is 4. The highest BCUT2D eigenvalue weighted by Crippen LogP contribution is 2.31. The summed E-state index contributed by atoms with van der Waals surface area (Å²) in [5, 5.41) is 4.76. The van der Waals surface area contributed by atoms with Crippen LogP contribution in [0.4, 0.5) is 14.0 Å². The molecule has 1 aliphatic rings. The molecule has 1 aromatic carbocycles. The molecule has 0 unspecified atom stereocenters. The fourth-order valence-electron chi connectivity index (χ4n) is 2.60. The molecular weight excluding hydrogens is 399 g/mol. The molecule has 2 rings (SSSR count). The number of thioether (sulfide) groups is 1. The van der Waals surface area contributed by atoms with E-state index in [0.717, 1.165) is 29.5 Å². The first-order valence-electron chi connectivity index (χ1n) is 9.18. The van der Waals surface area contributed by atoms with Crippen molar-refractivity contribution in [3.63, 3.8) is 0 Å². The Morgan fingerprint density at radius 3 is 2.48 bits per heavy atom. The van der Waals surface area contributed by atoms with Gasteiger partial charge >= 0.3 is 6.03 Å². The van der Waals surface area contributed by atoms with Gasteiger partial charge in [0.1, 0.15) is 5.82 Å². The lowest BCUT2D eigenvalue weighted by Crippen LogP contribution is -2.37. The Labute approximate surface area is 172 Å². The van der Waals surface area contributed by atoms with E-state index in [-0.39, 0.29) is 29.7 Å². The Bertz CT molecular complexity index is 798. The molecule has 29 heavy (non-hydrogen) atoms. The molecule has 1 aromatic rings. The number of imide groups is 1. The van der Waals surface area contributed by atoms with Crippen LogP contribution < -0.4 is 16.4 Å². The van der Waals surface area contributed by atoms with Crippen molar-refractivity contribution in [3.8, 4) is 0 Å². The van der Waals surface area contributed by atoms with Crippen molar-refractivity contribution in [2.45, 2.75) is 25.7 Å². The average Bonchev–Trinajstić information content (AvgIpc) is 2.93. The standard InChI is InChI=1S/C19H23FN4O4S/c20-14-7-5-13(6-8-14)12-15-17(26)24(19(28)29-15)11-10-22-16(25)4-2-1-3-9-23-18(21)27/h5-8,12H,1-4,9-11H2,(H,22,25)(H3,21,23,27)/b15-12-. The highest BCUT2D eigenvalue weighted by atomic mass is 32.2. The van der Waals surface area contributed by atoms with E-state index in [1.165, 1.54) is 30.3 Å². The van der Waals surface area contributed by atoms with E-state index in [2.05, 4.69) is 10.6 Å². The number of primary amides is 1. The fraction of sp³-hybridized carbons (Fsp3) is 0.368. The molecule has 1 heterocycles. The van der Waals surface area contributed by atoms with Crippen molar-refractivity contribution >= 4 is 40.9 Å². The molecule has 0 atom stereocenters. The maximum atomic E-state index is 13.0. The van der Waals surface area contributed by atoms with Crippen molar-refractivity contribution in [2.75, 3.05) is 19.6 Å². The Morgan fingerprint density at radius 2 is 1.79 bits per heavy atom. The second-order valence-electron chi connectivity index (χ2n) is 6.34. The maximum Gasteiger partial charge on any atom is 0.312 e. The molecule has 0 saturated carbocycles. The summed E-state index contributed by atoms with van der Waals surface area (Å²) in [7, 11) is 0. The number of carbonyl (C=O) groups excluding carboxylic acids is 4. The average molecular weight is 422 g/mol. The predicted molar refractivity (Wildman–Crippen MR) is 108 cm³/mol. The van der Waals surface area contributed by atoms with Crippen molar-refractivity contribution in [1.82, 2.24) is 15.5 Å². The number of benzene rings is 1. The number of hydrogen-bond acceptors (Lipinski definition) is 5. The van der Waals surface area contributed by atoms with Crippen LogP contribution in [0.5, 0.6) is 0 Å². The van der Waals surface area contributed by atoms with Crippen LogP contribution in [0.2, 0.25) is 0 Å². The van der Waals surface area contributed by atoms with Crippen LogP contribution >= 0.6 is 11.8 Å². The predicted octanol–water partition coefficient (Wildman–Crippen LogP) is 2.21. The number of nitrogens with one attached hydrogen (secondary N) is 2. The molecule has 0 spiro atoms. The molecule has 5 amide bonds. The van der Waals surface area contributed by atoms with Crippen LogP contribution in [0.1, 0.15) is 31.2 Å². The van der Waals surface area contributed by atoms with Crippen molar-refractivity contribution in [2.24, 2.45) is 5.73 Å². The summed E-state index contributed by atoms with van der Waals surface area (Å²) < 4.78 is 13.0. The van der Waals surface area contributed by atoms with Crippen LogP contribution in [-0.2, 0) is 9.59 Å². The summed E-state index contributed by atoms with van der Waals surface area (Å²) >= 11 is 0.816. The van der Waals surface area contributed by atoms with Gasteiger partial charge in [0.2, 0.25) is 5.91 Å². The lowest BCUT2D eigenvalue weighted by molar-refractivity contribution is -0.124. The van der Waals surface area contributed by atoms with Crippen LogP contribution in [0, 0.1) is 5.82 Å². The van der Waals surface area contributed by atoms with Gasteiger partial charge in [-0.2, -0.15) is 0 Å². The van der Waals surface area contributed by atoms with Gasteiger partial charge in [-0.15, -0.1) is 0 Å². The van der Waals surface area contributed by atoms with Gasteiger partial charge < -0.3 is 16.4 Å². The Hall–Kier alpha value is -2.88. The van der Waals surface area contributed by atoms with E-state index in [1.807, 2.05) is 0 Å². The number of halogens is 1. The number of amides is 5. The molecule has 1 fully saturated rings. The summed E-state index contributed by atoms with van der Waals surface area (Å²) in [6.07, 6.45) is 4.02. The first kappa shape index (κ1) is 22.4. The lowest BCUT2D eigenvalue weighted by atomic mass is 10.2. The summed E-state index contributed by atoms with van der Waals surface area (Å²) in [5.74, 6) is -0.976. The van der Waals surface area contributed by atoms with Gasteiger partial charge in [0.15, 0.2) is 0 Å². The van der Waals surface area contributed by atoms with Gasteiger partial charge in [0, 0.05) is 26.1 Å². The van der Waals surface area contributed by atoms with E-state index < -0.39 is 17.2 Å². The van der Waals surface area contributed by atoms with Gasteiger partial charge in [-0.25, -0.2) is 9.18 Å². The van der Waals surface area contributed by atoms with Crippen molar-refractivity contribution in [3.05, 3.63) is 40.6 Å². The molecule has 8 nitrogen and oxygen atoms in total. The monoisotopic (exact) mass is 422 g/mol. The molecule has 0 aliphatic carbocycles. The smallest absolute Gasteiger partial charge is 0.312 e. The van der Waals surface area contributed by atoms with Gasteiger partial charge in [0.05, 0.1) is 4.91 Å². The largest absolute Gasteiger partial charge is 0.354 e. The quantitative estimate of drug-likeness (QED) is 0.394. The van der Waals surface area contributed by atoms with Gasteiger partial charge in [-0.05, 0) is 48.4 Å². The molecule has 0 bridgehead atoms. The van der Waals surface area contributed by atoms with E-state index in [9.17, 15) is 23.6 Å². The highest BCUT2D eigenvalue weighted by Gasteiger charge is 2.34. The summed E-state index contributed by atoms with van der Waals surface area (Å²) in [5.41, 5.74) is 5.57. The summed E-state index contributed by atoms with van der Waals surface area (Å²) in [6, 6.07) is 5.03. The molecule has 0 radical (unpaired) electrons. The molecule has 1 saturated heterocycles. The van der Waals surface area contributed by atoms with E-state index in [4.69, 9.17) is 5.73 Å². The molecule has 156 valence electrons. The number of hydrogen-bond donors (Lipinski definition) is 3. The highest BCUT2D eigenvalue weighted by molar-refractivity contribution is 8.18. The zero-order valence-corrected chi connectivity index (χ0v) is 16.6. The number of nitrogens with zero attached hydrogens (tertiary/aromatic N) is 1. The van der Waals surface area contributed by atoms with Gasteiger partial charge in [-0.1, -0.05) is 18.6 Å². The maximum absolute atomic E-state index is 13.0. The summed E-state index contributed by atoms with van der Waals surface area (Å²) in [6.45, 7) is 0.727. The Kier molecular flexibility index (Phi) is 8.66. The topological polar surface area (TPSA) is 122 Å². The first-order valence-corrected chi connectivity index (χ1v) is 9.99. The SMILES string of the molecule is NC(=O)NCCCCCC(=O)NCCN1C(=O)S/C(=C\c2ccc(F)cc2)C1=O. The van der Waals surface area contributed by atoms with Gasteiger partial charge in [0.25, 0.3) is 11.1 Å². The molecular formula is C19H23FN4O4S. The molecule has 0 aromatic heterocycles. The lowest BCUT2D eigenvalue weighted by Gasteiger charge is -2.13. The van der Waals surface area contributed by atoms with E-state index >= 15 is 0 Å². The number of unbranched alkanes of at least 4 members (excludes halogenated alkanes) is 2. The minimum atomic E-state index is -0.567. The van der Waals surface area contributed by atoms with Crippen LogP contribution in [0.15, 0.2) is 29.2 Å². The Balaban J connectivity index is 1.70. The second-order valence-corrected chi connectivity index (χ2v) is 7.33. The normalized spacial score (nSPS) is 15.1. The fourth-order valence-corrected chi connectivity index (χ4v) is 3.46. The Morgan fingerprint density at radius 1 is 1.07 bits per heavy atom. The van der Waals surface area contributed by atoms with Crippen molar-refractivity contribution in [1.29, 1.82) is 0 Å². The number of urea groups is 1. The van der Waals surface area contributed by atoms with Crippen molar-refractivity contribution < 1.29 is 23.6 Å². The first-order chi connectivity index (χ1) is 13.9. The van der Waals surface area contributed by atoms with E-state index in [1.54, 1.807) is 0 Å². The zero-order valence-electron chi connectivity index (χ0n) is 15.8. The molecule has 10 heteroatoms. The van der Waals surface area contributed by atoms with Crippen LogP contribution in [0.3, 0.4) is 0 Å². The van der Waals surface area contributed by atoms with Crippen LogP contribution in [0.25, 0.3) is 6.08 Å². The van der Waals surface area contributed by atoms with Gasteiger partial charge in [-0.3, -0.25) is 19.3 Å². The summed E-state index contributed by atoms with van der Waals surface area (Å²) in [4.78, 5) is 48.1. The van der Waals surface area contributed by atoms with Crippen LogP contribution in [-0.4, -0.2) is 47.6 Å². The third-order valence-corrected chi connectivity index (χ3v) is 4.99. The number of nitrogens with two attached hydrogens (primary N) is 1. The molecule has 4 N–H and O–H groups in total. The second kappa shape index (κ2) is 11.2. The molecule has 1 aliphatic heterocycles. The third kappa shape index (κ3) is 7.57. The minimum Gasteiger partial charge on any atom is -0.354 e.